The molecule has 1 amide bonds. The standard InChI is InChI=1S/C14H18ClNO3S/c1-9-8-20-12(11(9)15)13(19)16-14(7-10(17)18)5-3-2-4-6-14/h8H,2-7H2,1H3,(H,16,19)(H,17,18). The minimum Gasteiger partial charge on any atom is -0.481 e. The molecule has 0 saturated heterocycles. The SMILES string of the molecule is Cc1csc(C(=O)NC2(CC(=O)O)CCCCC2)c1Cl. The van der Waals surface area contributed by atoms with E-state index in [1.807, 2.05) is 12.3 Å². The largest absolute Gasteiger partial charge is 0.481 e. The zero-order valence-electron chi connectivity index (χ0n) is 11.4. The molecule has 0 unspecified atom stereocenters. The van der Waals surface area contributed by atoms with Crippen molar-refractivity contribution in [3.8, 4) is 0 Å². The second-order valence-corrected chi connectivity index (χ2v) is 6.69. The summed E-state index contributed by atoms with van der Waals surface area (Å²) in [5.41, 5.74) is 0.250. The van der Waals surface area contributed by atoms with E-state index in [-0.39, 0.29) is 12.3 Å². The van der Waals surface area contributed by atoms with Gasteiger partial charge >= 0.3 is 5.97 Å². The highest BCUT2D eigenvalue weighted by Gasteiger charge is 2.36. The molecule has 2 rings (SSSR count). The Morgan fingerprint density at radius 2 is 2.05 bits per heavy atom. The van der Waals surface area contributed by atoms with Crippen molar-refractivity contribution in [2.45, 2.75) is 51.0 Å². The van der Waals surface area contributed by atoms with Crippen molar-refractivity contribution in [2.75, 3.05) is 0 Å². The van der Waals surface area contributed by atoms with E-state index in [0.717, 1.165) is 24.8 Å². The number of nitrogens with one attached hydrogen (secondary N) is 1. The molecule has 4 nitrogen and oxygen atoms in total. The quantitative estimate of drug-likeness (QED) is 0.891. The zero-order chi connectivity index (χ0) is 14.8. The number of thiophene rings is 1. The first kappa shape index (κ1) is 15.3. The van der Waals surface area contributed by atoms with E-state index in [0.29, 0.717) is 22.7 Å². The molecule has 0 atom stereocenters. The topological polar surface area (TPSA) is 66.4 Å². The highest BCUT2D eigenvalue weighted by atomic mass is 35.5. The summed E-state index contributed by atoms with van der Waals surface area (Å²) >= 11 is 7.40. The Balaban J connectivity index is 2.17. The van der Waals surface area contributed by atoms with E-state index in [4.69, 9.17) is 16.7 Å². The van der Waals surface area contributed by atoms with Crippen molar-refractivity contribution in [2.24, 2.45) is 0 Å². The monoisotopic (exact) mass is 315 g/mol. The number of rotatable bonds is 4. The molecule has 1 aromatic heterocycles. The van der Waals surface area contributed by atoms with Crippen LogP contribution in [0.3, 0.4) is 0 Å². The first-order valence-electron chi connectivity index (χ1n) is 6.71. The van der Waals surface area contributed by atoms with Crippen molar-refractivity contribution in [3.63, 3.8) is 0 Å². The number of amides is 1. The van der Waals surface area contributed by atoms with Crippen LogP contribution < -0.4 is 5.32 Å². The summed E-state index contributed by atoms with van der Waals surface area (Å²) in [7, 11) is 0. The lowest BCUT2D eigenvalue weighted by Gasteiger charge is -2.36. The fraction of sp³-hybridized carbons (Fsp3) is 0.571. The Morgan fingerprint density at radius 3 is 2.55 bits per heavy atom. The summed E-state index contributed by atoms with van der Waals surface area (Å²) < 4.78 is 0. The average molecular weight is 316 g/mol. The van der Waals surface area contributed by atoms with E-state index >= 15 is 0 Å². The Morgan fingerprint density at radius 1 is 1.40 bits per heavy atom. The summed E-state index contributed by atoms with van der Waals surface area (Å²) in [6.07, 6.45) is 4.40. The molecule has 0 radical (unpaired) electrons. The van der Waals surface area contributed by atoms with Crippen LogP contribution in [0.5, 0.6) is 0 Å². The van der Waals surface area contributed by atoms with Crippen molar-refractivity contribution in [1.82, 2.24) is 5.32 Å². The smallest absolute Gasteiger partial charge is 0.305 e. The number of aryl methyl sites for hydroxylation is 1. The van der Waals surface area contributed by atoms with Crippen molar-refractivity contribution in [1.29, 1.82) is 0 Å². The van der Waals surface area contributed by atoms with Gasteiger partial charge in [0.15, 0.2) is 0 Å². The molecule has 110 valence electrons. The van der Waals surface area contributed by atoms with Gasteiger partial charge in [0, 0.05) is 0 Å². The Hall–Kier alpha value is -1.07. The highest BCUT2D eigenvalue weighted by molar-refractivity contribution is 7.13. The van der Waals surface area contributed by atoms with Gasteiger partial charge in [0.1, 0.15) is 4.88 Å². The normalized spacial score (nSPS) is 17.7. The van der Waals surface area contributed by atoms with Crippen molar-refractivity contribution >= 4 is 34.8 Å². The molecule has 1 aliphatic carbocycles. The van der Waals surface area contributed by atoms with Crippen LogP contribution in [0, 0.1) is 6.92 Å². The summed E-state index contributed by atoms with van der Waals surface area (Å²) in [5.74, 6) is -1.13. The van der Waals surface area contributed by atoms with E-state index in [9.17, 15) is 9.59 Å². The lowest BCUT2D eigenvalue weighted by molar-refractivity contribution is -0.139. The maximum absolute atomic E-state index is 12.4. The van der Waals surface area contributed by atoms with Crippen LogP contribution in [-0.2, 0) is 4.79 Å². The van der Waals surface area contributed by atoms with Gasteiger partial charge in [0.25, 0.3) is 5.91 Å². The number of carboxylic acid groups (broad SMARTS) is 1. The predicted molar refractivity (Wildman–Crippen MR) is 79.6 cm³/mol. The molecule has 1 heterocycles. The molecule has 1 aliphatic rings. The third-order valence-corrected chi connectivity index (χ3v) is 5.48. The summed E-state index contributed by atoms with van der Waals surface area (Å²) in [6, 6.07) is 0. The maximum atomic E-state index is 12.4. The lowest BCUT2D eigenvalue weighted by atomic mass is 9.79. The lowest BCUT2D eigenvalue weighted by Crippen LogP contribution is -2.51. The second-order valence-electron chi connectivity index (χ2n) is 5.43. The molecule has 0 aromatic carbocycles. The second kappa shape index (κ2) is 6.14. The van der Waals surface area contributed by atoms with Crippen molar-refractivity contribution < 1.29 is 14.7 Å². The van der Waals surface area contributed by atoms with Crippen LogP contribution in [0.25, 0.3) is 0 Å². The minimum atomic E-state index is -0.874. The Bertz CT molecular complexity index is 520. The molecule has 0 aliphatic heterocycles. The van der Waals surface area contributed by atoms with Gasteiger partial charge in [-0.25, -0.2) is 0 Å². The third-order valence-electron chi connectivity index (χ3n) is 3.78. The highest BCUT2D eigenvalue weighted by Crippen LogP contribution is 2.33. The van der Waals surface area contributed by atoms with Gasteiger partial charge in [0.2, 0.25) is 0 Å². The van der Waals surface area contributed by atoms with Crippen LogP contribution in [0.15, 0.2) is 5.38 Å². The molecule has 2 N–H and O–H groups in total. The van der Waals surface area contributed by atoms with E-state index < -0.39 is 11.5 Å². The first-order chi connectivity index (χ1) is 9.43. The Labute approximate surface area is 127 Å². The van der Waals surface area contributed by atoms with Crippen LogP contribution in [-0.4, -0.2) is 22.5 Å². The number of aliphatic carboxylic acids is 1. The van der Waals surface area contributed by atoms with Gasteiger partial charge in [-0.3, -0.25) is 9.59 Å². The number of hydrogen-bond donors (Lipinski definition) is 2. The first-order valence-corrected chi connectivity index (χ1v) is 7.97. The molecule has 20 heavy (non-hydrogen) atoms. The Kier molecular flexibility index (Phi) is 4.70. The fourth-order valence-corrected chi connectivity index (χ4v) is 3.92. The molecule has 1 aromatic rings. The maximum Gasteiger partial charge on any atom is 0.305 e. The number of carboxylic acids is 1. The minimum absolute atomic E-state index is 0.0271. The molecular formula is C14H18ClNO3S. The summed E-state index contributed by atoms with van der Waals surface area (Å²) in [6.45, 7) is 1.85. The van der Waals surface area contributed by atoms with Gasteiger partial charge in [0.05, 0.1) is 17.0 Å². The van der Waals surface area contributed by atoms with E-state index in [1.54, 1.807) is 0 Å². The predicted octanol–water partition coefficient (Wildman–Crippen LogP) is 3.62. The van der Waals surface area contributed by atoms with Gasteiger partial charge in [-0.05, 0) is 30.7 Å². The number of halogens is 1. The van der Waals surface area contributed by atoms with Crippen LogP contribution in [0.2, 0.25) is 5.02 Å². The number of carbonyl (C=O) groups is 2. The molecule has 1 saturated carbocycles. The summed E-state index contributed by atoms with van der Waals surface area (Å²) in [5, 5.41) is 14.3. The van der Waals surface area contributed by atoms with E-state index in [1.165, 1.54) is 11.3 Å². The van der Waals surface area contributed by atoms with E-state index in [2.05, 4.69) is 5.32 Å². The van der Waals surface area contributed by atoms with Crippen LogP contribution >= 0.6 is 22.9 Å². The van der Waals surface area contributed by atoms with Crippen LogP contribution in [0.1, 0.15) is 53.8 Å². The van der Waals surface area contributed by atoms with Crippen LogP contribution in [0.4, 0.5) is 0 Å². The van der Waals surface area contributed by atoms with Gasteiger partial charge < -0.3 is 10.4 Å². The molecule has 6 heteroatoms. The van der Waals surface area contributed by atoms with Crippen molar-refractivity contribution in [3.05, 3.63) is 20.8 Å². The summed E-state index contributed by atoms with van der Waals surface area (Å²) in [4.78, 5) is 23.9. The number of hydrogen-bond acceptors (Lipinski definition) is 3. The van der Waals surface area contributed by atoms with Gasteiger partial charge in [-0.15, -0.1) is 11.3 Å². The molecule has 0 spiro atoms. The zero-order valence-corrected chi connectivity index (χ0v) is 12.9. The molecule has 1 fully saturated rings. The molecule has 0 bridgehead atoms. The average Bonchev–Trinajstić information content (AvgIpc) is 2.70. The fourth-order valence-electron chi connectivity index (χ4n) is 2.74. The number of carbonyl (C=O) groups excluding carboxylic acids is 1. The van der Waals surface area contributed by atoms with Gasteiger partial charge in [-0.1, -0.05) is 30.9 Å². The molecular weight excluding hydrogens is 298 g/mol. The third kappa shape index (κ3) is 3.33. The van der Waals surface area contributed by atoms with Gasteiger partial charge in [-0.2, -0.15) is 0 Å².